The molecule has 0 amide bonds. The largest absolute Gasteiger partial charge is 0.0622 e. The molecule has 0 unspecified atom stereocenters. The second-order valence-corrected chi connectivity index (χ2v) is 27.1. The van der Waals surface area contributed by atoms with Crippen molar-refractivity contribution in [1.29, 1.82) is 0 Å². The van der Waals surface area contributed by atoms with Crippen LogP contribution in [0.3, 0.4) is 0 Å². The molecular formula is C81H70. The maximum atomic E-state index is 2.64. The van der Waals surface area contributed by atoms with Crippen LogP contribution in [0, 0.1) is 0 Å². The molecule has 0 aliphatic heterocycles. The van der Waals surface area contributed by atoms with Gasteiger partial charge in [-0.25, -0.2) is 0 Å². The van der Waals surface area contributed by atoms with Crippen LogP contribution in [0.25, 0.3) is 143 Å². The fraction of sp³-hybridized carbons (Fsp3) is 0.210. The Balaban J connectivity index is 1.00. The van der Waals surface area contributed by atoms with E-state index in [1.54, 1.807) is 0 Å². The normalized spacial score (nSPS) is 13.8. The Hall–Kier alpha value is -8.32. The summed E-state index contributed by atoms with van der Waals surface area (Å²) in [5.41, 5.74) is 26.7. The molecule has 13 aromatic carbocycles. The van der Waals surface area contributed by atoms with E-state index in [-0.39, 0.29) is 22.2 Å². The average Bonchev–Trinajstić information content (AvgIpc) is 2.40. The van der Waals surface area contributed by atoms with Crippen molar-refractivity contribution in [3.8, 4) is 77.9 Å². The van der Waals surface area contributed by atoms with Gasteiger partial charge in [0, 0.05) is 5.41 Å². The van der Waals surface area contributed by atoms with Crippen molar-refractivity contribution < 1.29 is 0 Å². The summed E-state index contributed by atoms with van der Waals surface area (Å²) in [6.07, 6.45) is 0. The van der Waals surface area contributed by atoms with E-state index in [1.165, 1.54) is 176 Å². The van der Waals surface area contributed by atoms with Crippen LogP contribution in [0.5, 0.6) is 0 Å². The number of fused-ring (bicyclic) bond motifs is 11. The molecule has 0 fully saturated rings. The second-order valence-electron chi connectivity index (χ2n) is 27.1. The highest BCUT2D eigenvalue weighted by molar-refractivity contribution is 6.39. The third-order valence-corrected chi connectivity index (χ3v) is 19.2. The molecule has 0 saturated carbocycles. The summed E-state index contributed by atoms with van der Waals surface area (Å²) >= 11 is 0. The van der Waals surface area contributed by atoms with E-state index >= 15 is 0 Å². The van der Waals surface area contributed by atoms with Crippen LogP contribution >= 0.6 is 0 Å². The molecule has 0 saturated heterocycles. The molecule has 81 heavy (non-hydrogen) atoms. The van der Waals surface area contributed by atoms with Crippen LogP contribution in [-0.2, 0) is 16.2 Å². The molecule has 0 heteroatoms. The molecule has 0 heterocycles. The number of hydrogen-bond donors (Lipinski definition) is 0. The van der Waals surface area contributed by atoms with Gasteiger partial charge in [-0.1, -0.05) is 241 Å². The van der Waals surface area contributed by atoms with Crippen LogP contribution in [0.4, 0.5) is 0 Å². The maximum absolute atomic E-state index is 2.64. The van der Waals surface area contributed by atoms with E-state index in [1.807, 2.05) is 0 Å². The summed E-state index contributed by atoms with van der Waals surface area (Å²) in [4.78, 5) is 0. The molecule has 0 radical (unpaired) electrons. The summed E-state index contributed by atoms with van der Waals surface area (Å²) in [5, 5.41) is 16.2. The third-order valence-electron chi connectivity index (χ3n) is 19.2. The summed E-state index contributed by atoms with van der Waals surface area (Å²) in [7, 11) is 0. The molecule has 15 rings (SSSR count). The van der Waals surface area contributed by atoms with E-state index in [2.05, 4.69) is 277 Å². The van der Waals surface area contributed by atoms with Gasteiger partial charge >= 0.3 is 0 Å². The Morgan fingerprint density at radius 2 is 0.765 bits per heavy atom. The minimum atomic E-state index is -0.259. The van der Waals surface area contributed by atoms with Gasteiger partial charge in [-0.15, -0.1) is 0 Å². The first-order valence-electron chi connectivity index (χ1n) is 29.7. The van der Waals surface area contributed by atoms with Gasteiger partial charge < -0.3 is 0 Å². The first-order valence-corrected chi connectivity index (χ1v) is 29.7. The van der Waals surface area contributed by atoms with E-state index in [0.717, 1.165) is 0 Å². The minimum absolute atomic E-state index is 0.00550. The molecule has 0 aromatic heterocycles. The van der Waals surface area contributed by atoms with Crippen molar-refractivity contribution in [1.82, 2.24) is 0 Å². The van der Waals surface area contributed by atoms with Crippen molar-refractivity contribution >= 4 is 64.6 Å². The topological polar surface area (TPSA) is 0 Å². The van der Waals surface area contributed by atoms with Gasteiger partial charge in [-0.3, -0.25) is 0 Å². The Labute approximate surface area is 478 Å². The van der Waals surface area contributed by atoms with Gasteiger partial charge in [-0.05, 0) is 235 Å². The van der Waals surface area contributed by atoms with Gasteiger partial charge in [0.2, 0.25) is 0 Å². The Morgan fingerprint density at radius 1 is 0.284 bits per heavy atom. The molecule has 13 aromatic rings. The van der Waals surface area contributed by atoms with Crippen LogP contribution in [0.15, 0.2) is 194 Å². The van der Waals surface area contributed by atoms with Gasteiger partial charge in [0.25, 0.3) is 0 Å². The molecule has 394 valence electrons. The highest BCUT2D eigenvalue weighted by Crippen LogP contribution is 2.61. The fourth-order valence-corrected chi connectivity index (χ4v) is 15.0. The molecule has 0 spiro atoms. The van der Waals surface area contributed by atoms with Crippen molar-refractivity contribution in [3.05, 3.63) is 228 Å². The Bertz CT molecular complexity index is 4680. The maximum Gasteiger partial charge on any atom is 0.0159 e. The number of hydrogen-bond acceptors (Lipinski definition) is 0. The zero-order valence-corrected chi connectivity index (χ0v) is 49.1. The second kappa shape index (κ2) is 17.3. The molecule has 0 nitrogen and oxygen atoms in total. The molecule has 0 atom stereocenters. The Kier molecular flexibility index (Phi) is 10.6. The zero-order chi connectivity index (χ0) is 55.8. The SMILES string of the molecule is CC(C)c1cc2c3cccc4c5c(cc(c6cc(C(C)C)c7c(c1-c1cc8c(-c9ccccc9)c9ccccc9c(-c9ccccc9)c8cc1-7)c26)c43)C(C)(C)c1cc(-c2cc(C(C)(C)C)ccc2-c2ccc(C(C)(C)C)cc2)ccc1-5. The van der Waals surface area contributed by atoms with E-state index in [0.29, 0.717) is 5.92 Å². The van der Waals surface area contributed by atoms with Crippen LogP contribution in [0.1, 0.15) is 128 Å². The van der Waals surface area contributed by atoms with E-state index < -0.39 is 0 Å². The van der Waals surface area contributed by atoms with Crippen LogP contribution < -0.4 is 0 Å². The summed E-state index contributed by atoms with van der Waals surface area (Å²) in [6, 6.07) is 75.7. The lowest BCUT2D eigenvalue weighted by Gasteiger charge is -2.25. The predicted octanol–water partition coefficient (Wildman–Crippen LogP) is 23.5. The van der Waals surface area contributed by atoms with E-state index in [4.69, 9.17) is 0 Å². The zero-order valence-electron chi connectivity index (χ0n) is 49.1. The highest BCUT2D eigenvalue weighted by Gasteiger charge is 2.39. The molecule has 0 N–H and O–H groups in total. The van der Waals surface area contributed by atoms with Crippen molar-refractivity contribution in [2.45, 2.75) is 111 Å². The van der Waals surface area contributed by atoms with Gasteiger partial charge in [0.1, 0.15) is 0 Å². The average molecular weight is 1040 g/mol. The fourth-order valence-electron chi connectivity index (χ4n) is 15.0. The number of benzene rings is 13. The lowest BCUT2D eigenvalue weighted by molar-refractivity contribution is 0.590. The smallest absolute Gasteiger partial charge is 0.0159 e. The molecule has 0 bridgehead atoms. The van der Waals surface area contributed by atoms with E-state index in [9.17, 15) is 0 Å². The molecule has 2 aliphatic carbocycles. The lowest BCUT2D eigenvalue weighted by atomic mass is 9.78. The standard InChI is InChI=1S/C81H70/c1-45(2)59-40-62-56-28-21-29-58-73(56)68(44-70-74(58)57-36-32-50(38-69(57)81(70,11)12)61-39-52(80(8,9)10)35-37-53(61)47-30-33-51(34-31-47)79(5,6)7)65-41-60(46(3)4)76-67-43-64-63(42-66(67)75(59)78(76)77(62)65)71(48-22-15-13-16-23-48)54-26-19-20-27-55(54)72(64)49-24-17-14-18-25-49/h13-46H,1-12H3. The van der Waals surface area contributed by atoms with Crippen molar-refractivity contribution in [3.63, 3.8) is 0 Å². The summed E-state index contributed by atoms with van der Waals surface area (Å²) < 4.78 is 0. The van der Waals surface area contributed by atoms with Crippen molar-refractivity contribution in [2.75, 3.05) is 0 Å². The van der Waals surface area contributed by atoms with Crippen LogP contribution in [0.2, 0.25) is 0 Å². The summed E-state index contributed by atoms with van der Waals surface area (Å²) in [5.74, 6) is 0.576. The highest BCUT2D eigenvalue weighted by atomic mass is 14.4. The summed E-state index contributed by atoms with van der Waals surface area (Å²) in [6.45, 7) is 28.5. The predicted molar refractivity (Wildman–Crippen MR) is 352 cm³/mol. The first-order chi connectivity index (χ1) is 38.9. The van der Waals surface area contributed by atoms with Crippen molar-refractivity contribution in [2.24, 2.45) is 0 Å². The monoisotopic (exact) mass is 1040 g/mol. The van der Waals surface area contributed by atoms with Crippen LogP contribution in [-0.4, -0.2) is 0 Å². The van der Waals surface area contributed by atoms with Gasteiger partial charge in [-0.2, -0.15) is 0 Å². The number of rotatable bonds is 6. The molecular weight excluding hydrogens is 973 g/mol. The third kappa shape index (κ3) is 7.15. The molecule has 2 aliphatic rings. The lowest BCUT2D eigenvalue weighted by Crippen LogP contribution is -2.15. The van der Waals surface area contributed by atoms with Gasteiger partial charge in [0.05, 0.1) is 0 Å². The minimum Gasteiger partial charge on any atom is -0.0622 e. The first kappa shape index (κ1) is 49.7. The Morgan fingerprint density at radius 3 is 1.32 bits per heavy atom. The quantitative estimate of drug-likeness (QED) is 0.115. The van der Waals surface area contributed by atoms with Gasteiger partial charge in [0.15, 0.2) is 0 Å².